The second-order valence-corrected chi connectivity index (χ2v) is 2.10. The monoisotopic (exact) mass is 147 g/mol. The summed E-state index contributed by atoms with van der Waals surface area (Å²) in [6, 6.07) is 0. The third-order valence-corrected chi connectivity index (χ3v) is 1.43. The van der Waals surface area contributed by atoms with E-state index in [9.17, 15) is 4.79 Å². The van der Waals surface area contributed by atoms with Crippen molar-refractivity contribution < 1.29 is 14.7 Å². The van der Waals surface area contributed by atoms with Gasteiger partial charge in [-0.15, -0.1) is 0 Å². The van der Waals surface area contributed by atoms with Gasteiger partial charge in [0.2, 0.25) is 0 Å². The molecule has 60 valence electrons. The van der Waals surface area contributed by atoms with E-state index in [1.165, 1.54) is 0 Å². The lowest BCUT2D eigenvalue weighted by molar-refractivity contribution is -0.142. The highest BCUT2D eigenvalue weighted by Gasteiger charge is 2.13. The number of hydrogen-bond donors (Lipinski definition) is 2. The topological polar surface area (TPSA) is 72.5 Å². The van der Waals surface area contributed by atoms with E-state index in [4.69, 9.17) is 11.0 Å². The van der Waals surface area contributed by atoms with Gasteiger partial charge in [-0.1, -0.05) is 6.92 Å². The molecule has 0 unspecified atom stereocenters. The molecular formula is C6H13NO3. The van der Waals surface area contributed by atoms with E-state index in [1.807, 2.05) is 6.92 Å². The Morgan fingerprint density at radius 1 is 1.80 bits per heavy atom. The maximum absolute atomic E-state index is 10.3. The van der Waals surface area contributed by atoms with E-state index >= 15 is 0 Å². The summed E-state index contributed by atoms with van der Waals surface area (Å²) in [5.41, 5.74) is 0. The summed E-state index contributed by atoms with van der Waals surface area (Å²) in [6.07, 6.45) is 1.11. The zero-order valence-corrected chi connectivity index (χ0v) is 6.04. The number of nitrogens with two attached hydrogens (primary N) is 1. The molecule has 0 heterocycles. The van der Waals surface area contributed by atoms with Crippen molar-refractivity contribution in [3.8, 4) is 0 Å². The third-order valence-electron chi connectivity index (χ3n) is 1.43. The van der Waals surface area contributed by atoms with Gasteiger partial charge in [0.15, 0.2) is 0 Å². The highest BCUT2D eigenvalue weighted by atomic mass is 16.6. The molecule has 0 aliphatic carbocycles. The van der Waals surface area contributed by atoms with Gasteiger partial charge < -0.3 is 9.94 Å². The summed E-state index contributed by atoms with van der Waals surface area (Å²) in [7, 11) is 0. The maximum Gasteiger partial charge on any atom is 0.306 e. The Morgan fingerprint density at radius 2 is 2.40 bits per heavy atom. The van der Waals surface area contributed by atoms with E-state index in [0.29, 0.717) is 19.4 Å². The molecule has 0 aromatic heterocycles. The maximum atomic E-state index is 10.3. The predicted octanol–water partition coefficient (Wildman–Crippen LogP) is 0.378. The lowest BCUT2D eigenvalue weighted by Crippen LogP contribution is -2.16. The van der Waals surface area contributed by atoms with Crippen LogP contribution in [-0.2, 0) is 9.63 Å². The molecule has 4 heteroatoms. The minimum Gasteiger partial charge on any atom is -0.481 e. The molecule has 0 radical (unpaired) electrons. The van der Waals surface area contributed by atoms with E-state index < -0.39 is 5.97 Å². The van der Waals surface area contributed by atoms with Gasteiger partial charge in [0.1, 0.15) is 0 Å². The van der Waals surface area contributed by atoms with Gasteiger partial charge >= 0.3 is 5.97 Å². The van der Waals surface area contributed by atoms with Crippen molar-refractivity contribution in [2.45, 2.75) is 19.8 Å². The molecule has 0 saturated heterocycles. The van der Waals surface area contributed by atoms with E-state index in [1.54, 1.807) is 0 Å². The summed E-state index contributed by atoms with van der Waals surface area (Å²) < 4.78 is 0. The Morgan fingerprint density at radius 3 is 2.70 bits per heavy atom. The molecule has 0 aliphatic heterocycles. The molecule has 0 rings (SSSR count). The summed E-state index contributed by atoms with van der Waals surface area (Å²) >= 11 is 0. The number of rotatable bonds is 5. The van der Waals surface area contributed by atoms with Crippen LogP contribution in [0.25, 0.3) is 0 Å². The van der Waals surface area contributed by atoms with Gasteiger partial charge in [0.25, 0.3) is 0 Å². The predicted molar refractivity (Wildman–Crippen MR) is 36.2 cm³/mol. The first-order valence-electron chi connectivity index (χ1n) is 3.26. The van der Waals surface area contributed by atoms with Gasteiger partial charge in [-0.25, -0.2) is 5.90 Å². The van der Waals surface area contributed by atoms with Crippen molar-refractivity contribution >= 4 is 5.97 Å². The fraction of sp³-hybridized carbons (Fsp3) is 0.833. The van der Waals surface area contributed by atoms with Crippen LogP contribution in [0.5, 0.6) is 0 Å². The average Bonchev–Trinajstić information content (AvgIpc) is 1.89. The molecule has 1 atom stereocenters. The van der Waals surface area contributed by atoms with E-state index in [2.05, 4.69) is 4.84 Å². The standard InChI is InChI=1S/C6H13NO3/c1-2-5(6(8)9)3-4-10-7/h5H,2-4,7H2,1H3,(H,8,9)/t5-/m0/s1. The van der Waals surface area contributed by atoms with Gasteiger partial charge in [-0.05, 0) is 12.8 Å². The minimum atomic E-state index is -0.778. The van der Waals surface area contributed by atoms with Crippen LogP contribution >= 0.6 is 0 Å². The highest BCUT2D eigenvalue weighted by Crippen LogP contribution is 2.06. The Kier molecular flexibility index (Phi) is 4.88. The average molecular weight is 147 g/mol. The molecule has 10 heavy (non-hydrogen) atoms. The molecule has 0 amide bonds. The van der Waals surface area contributed by atoms with Crippen LogP contribution < -0.4 is 5.90 Å². The highest BCUT2D eigenvalue weighted by molar-refractivity contribution is 5.69. The number of carbonyl (C=O) groups is 1. The Balaban J connectivity index is 3.50. The molecule has 0 spiro atoms. The molecule has 0 aromatic rings. The fourth-order valence-electron chi connectivity index (χ4n) is 0.713. The quantitative estimate of drug-likeness (QED) is 0.551. The Hall–Kier alpha value is -0.610. The van der Waals surface area contributed by atoms with Crippen molar-refractivity contribution in [3.63, 3.8) is 0 Å². The van der Waals surface area contributed by atoms with Crippen molar-refractivity contribution in [1.29, 1.82) is 0 Å². The number of carboxylic acids is 1. The van der Waals surface area contributed by atoms with Gasteiger partial charge in [-0.2, -0.15) is 0 Å². The summed E-state index contributed by atoms with van der Waals surface area (Å²) in [5.74, 6) is 3.64. The van der Waals surface area contributed by atoms with Crippen LogP contribution in [0, 0.1) is 5.92 Å². The molecule has 0 saturated carbocycles. The first-order chi connectivity index (χ1) is 4.72. The lowest BCUT2D eigenvalue weighted by Gasteiger charge is -2.06. The fourth-order valence-corrected chi connectivity index (χ4v) is 0.713. The van der Waals surface area contributed by atoms with Crippen LogP contribution in [0.1, 0.15) is 19.8 Å². The van der Waals surface area contributed by atoms with Crippen LogP contribution in [0.3, 0.4) is 0 Å². The molecular weight excluding hydrogens is 134 g/mol. The van der Waals surface area contributed by atoms with Crippen molar-refractivity contribution in [2.75, 3.05) is 6.61 Å². The van der Waals surface area contributed by atoms with E-state index in [-0.39, 0.29) is 5.92 Å². The number of carboxylic acid groups (broad SMARTS) is 1. The lowest BCUT2D eigenvalue weighted by atomic mass is 10.0. The molecule has 0 fully saturated rings. The molecule has 0 aliphatic rings. The Labute approximate surface area is 59.9 Å². The normalized spacial score (nSPS) is 13.0. The van der Waals surface area contributed by atoms with Gasteiger partial charge in [0, 0.05) is 0 Å². The molecule has 3 N–H and O–H groups in total. The Bertz CT molecular complexity index is 105. The summed E-state index contributed by atoms with van der Waals surface area (Å²) in [6.45, 7) is 2.14. The molecule has 4 nitrogen and oxygen atoms in total. The van der Waals surface area contributed by atoms with Crippen molar-refractivity contribution in [2.24, 2.45) is 11.8 Å². The largest absolute Gasteiger partial charge is 0.481 e. The zero-order valence-electron chi connectivity index (χ0n) is 6.04. The zero-order chi connectivity index (χ0) is 7.98. The third kappa shape index (κ3) is 3.42. The van der Waals surface area contributed by atoms with Crippen LogP contribution in [0.15, 0.2) is 0 Å². The van der Waals surface area contributed by atoms with Crippen LogP contribution in [0.4, 0.5) is 0 Å². The van der Waals surface area contributed by atoms with Gasteiger partial charge in [0.05, 0.1) is 12.5 Å². The van der Waals surface area contributed by atoms with E-state index in [0.717, 1.165) is 0 Å². The van der Waals surface area contributed by atoms with Crippen molar-refractivity contribution in [3.05, 3.63) is 0 Å². The minimum absolute atomic E-state index is 0.310. The second-order valence-electron chi connectivity index (χ2n) is 2.10. The van der Waals surface area contributed by atoms with Crippen molar-refractivity contribution in [1.82, 2.24) is 0 Å². The smallest absolute Gasteiger partial charge is 0.306 e. The molecule has 0 aromatic carbocycles. The van der Waals surface area contributed by atoms with Crippen LogP contribution in [-0.4, -0.2) is 17.7 Å². The molecule has 0 bridgehead atoms. The second kappa shape index (κ2) is 5.20. The van der Waals surface area contributed by atoms with Crippen LogP contribution in [0.2, 0.25) is 0 Å². The summed E-state index contributed by atoms with van der Waals surface area (Å²) in [4.78, 5) is 14.6. The van der Waals surface area contributed by atoms with Gasteiger partial charge in [-0.3, -0.25) is 4.79 Å². The first-order valence-corrected chi connectivity index (χ1v) is 3.26. The SMILES string of the molecule is CC[C@@H](CCON)C(=O)O. The number of hydrogen-bond acceptors (Lipinski definition) is 3. The first kappa shape index (κ1) is 9.39. The number of aliphatic carboxylic acids is 1. The summed E-state index contributed by atoms with van der Waals surface area (Å²) in [5, 5.41) is 8.50.